The van der Waals surface area contributed by atoms with E-state index in [4.69, 9.17) is 17.3 Å². The maximum atomic E-state index is 7.53. The van der Waals surface area contributed by atoms with Crippen molar-refractivity contribution in [1.29, 1.82) is 0 Å². The third-order valence-electron chi connectivity index (χ3n) is 10.6. The summed E-state index contributed by atoms with van der Waals surface area (Å²) in [7, 11) is 6.15. The Morgan fingerprint density at radius 1 is 0.806 bits per heavy atom. The molecule has 1 atom stereocenters. The smallest absolute Gasteiger partial charge is 0.365 e. The van der Waals surface area contributed by atoms with Gasteiger partial charge in [0.15, 0.2) is 5.90 Å². The highest BCUT2D eigenvalue weighted by molar-refractivity contribution is 7.98. The second-order valence-corrected chi connectivity index (χ2v) is 16.6. The molecule has 1 aliphatic heterocycles. The molecule has 6 saturated carbocycles. The molecule has 0 aromatic carbocycles. The lowest BCUT2D eigenvalue weighted by Crippen LogP contribution is -2.50. The summed E-state index contributed by atoms with van der Waals surface area (Å²) in [6.07, 6.45) is 25.4. The van der Waals surface area contributed by atoms with Crippen molar-refractivity contribution in [3.63, 3.8) is 0 Å². The normalized spacial score (nSPS) is 41.4. The lowest BCUT2D eigenvalue weighted by Gasteiger charge is -2.56. The van der Waals surface area contributed by atoms with E-state index in [1.54, 1.807) is 0 Å². The predicted octanol–water partition coefficient (Wildman–Crippen LogP) is 7.16. The second-order valence-electron chi connectivity index (χ2n) is 12.7. The zero-order valence-corrected chi connectivity index (χ0v) is 20.7. The van der Waals surface area contributed by atoms with Crippen molar-refractivity contribution in [2.75, 3.05) is 12.8 Å². The van der Waals surface area contributed by atoms with Gasteiger partial charge in [-0.25, -0.2) is 4.99 Å². The van der Waals surface area contributed by atoms with Gasteiger partial charge in [-0.2, -0.15) is 0 Å². The minimum Gasteiger partial charge on any atom is -0.478 e. The average Bonchev–Trinajstić information content (AvgIpc) is 3.28. The summed E-state index contributed by atoms with van der Waals surface area (Å²) >= 11 is 0. The number of hydrogen-bond acceptors (Lipinski definition) is 2. The molecule has 0 unspecified atom stereocenters. The molecule has 4 heteroatoms. The highest BCUT2D eigenvalue weighted by Gasteiger charge is 2.55. The van der Waals surface area contributed by atoms with Gasteiger partial charge in [-0.15, -0.1) is 0 Å². The van der Waals surface area contributed by atoms with E-state index in [0.717, 1.165) is 35.7 Å². The zero-order chi connectivity index (χ0) is 20.9. The zero-order valence-electron chi connectivity index (χ0n) is 19.8. The lowest BCUT2D eigenvalue weighted by molar-refractivity contribution is -0.0226. The van der Waals surface area contributed by atoms with Gasteiger partial charge in [0, 0.05) is 18.0 Å². The van der Waals surface area contributed by atoms with Crippen molar-refractivity contribution >= 4 is 20.6 Å². The molecule has 6 fully saturated rings. The van der Waals surface area contributed by atoms with Crippen LogP contribution in [0.3, 0.4) is 0 Å². The third kappa shape index (κ3) is 4.06. The first kappa shape index (κ1) is 21.5. The Morgan fingerprint density at radius 2 is 1.32 bits per heavy atom. The molecule has 7 aliphatic rings. The first-order chi connectivity index (χ1) is 15.1. The molecule has 0 saturated heterocycles. The SMILES string of the molecule is [B][P+](CC[C@H]1COC(C23CC4CC(CC(C4)C2)C3)=N1)(C1CCCCC1)C1CCCCC1. The summed E-state index contributed by atoms with van der Waals surface area (Å²) in [6, 6.07) is 0.401. The minimum atomic E-state index is -1.37. The average molecular weight is 440 g/mol. The van der Waals surface area contributed by atoms with Crippen molar-refractivity contribution in [1.82, 2.24) is 0 Å². The van der Waals surface area contributed by atoms with Crippen LogP contribution in [-0.2, 0) is 4.74 Å². The maximum absolute atomic E-state index is 7.53. The number of hydrogen-bond donors (Lipinski definition) is 0. The molecule has 7 rings (SSSR count). The fourth-order valence-corrected chi connectivity index (χ4v) is 14.1. The third-order valence-corrected chi connectivity index (χ3v) is 15.3. The van der Waals surface area contributed by atoms with Crippen LogP contribution in [0.15, 0.2) is 4.99 Å². The van der Waals surface area contributed by atoms with Gasteiger partial charge in [0.25, 0.3) is 0 Å². The van der Waals surface area contributed by atoms with Crippen LogP contribution < -0.4 is 0 Å². The van der Waals surface area contributed by atoms with Crippen LogP contribution in [0.2, 0.25) is 0 Å². The molecular weight excluding hydrogens is 396 g/mol. The minimum absolute atomic E-state index is 0.338. The Balaban J connectivity index is 1.15. The van der Waals surface area contributed by atoms with Gasteiger partial charge in [-0.3, -0.25) is 0 Å². The van der Waals surface area contributed by atoms with Crippen molar-refractivity contribution in [3.05, 3.63) is 0 Å². The quantitative estimate of drug-likeness (QED) is 0.317. The van der Waals surface area contributed by atoms with Crippen LogP contribution in [0.4, 0.5) is 0 Å². The van der Waals surface area contributed by atoms with Gasteiger partial charge in [-0.05, 0) is 115 Å². The highest BCUT2D eigenvalue weighted by atomic mass is 31.2. The van der Waals surface area contributed by atoms with Gasteiger partial charge < -0.3 is 4.74 Å². The Kier molecular flexibility index (Phi) is 5.99. The molecule has 2 radical (unpaired) electrons. The predicted molar refractivity (Wildman–Crippen MR) is 134 cm³/mol. The molecule has 0 aromatic heterocycles. The summed E-state index contributed by atoms with van der Waals surface area (Å²) in [5.74, 6) is 4.11. The first-order valence-corrected chi connectivity index (χ1v) is 16.2. The van der Waals surface area contributed by atoms with Crippen LogP contribution >= 0.6 is 7.14 Å². The number of ether oxygens (including phenoxy) is 1. The standard InChI is InChI=1S/C27H44BNOP/c28-31(24-7-3-1-4-8-24,25-9-5-2-6-10-25)12-11-23-19-30-26(29-23)27-16-20-13-21(17-27)15-22(14-20)18-27/h20-25H,1-19H2/q+1/t20?,21?,22?,23-,27?/m0/s1. The van der Waals surface area contributed by atoms with Crippen LogP contribution in [-0.4, -0.2) is 43.6 Å². The number of nitrogens with zero attached hydrogens (tertiary/aromatic N) is 1. The molecular formula is C27H44BNOP+. The van der Waals surface area contributed by atoms with Crippen molar-refractivity contribution in [2.45, 2.75) is 127 Å². The van der Waals surface area contributed by atoms with Crippen LogP contribution in [0, 0.1) is 23.2 Å². The van der Waals surface area contributed by atoms with Gasteiger partial charge in [0.1, 0.15) is 6.61 Å². The molecule has 31 heavy (non-hydrogen) atoms. The van der Waals surface area contributed by atoms with E-state index in [9.17, 15) is 0 Å². The largest absolute Gasteiger partial charge is 0.478 e. The van der Waals surface area contributed by atoms with E-state index in [-0.39, 0.29) is 0 Å². The van der Waals surface area contributed by atoms with Crippen molar-refractivity contribution < 1.29 is 4.74 Å². The Labute approximate surface area is 192 Å². The maximum Gasteiger partial charge on any atom is 0.365 e. The Hall–Kier alpha value is -0.0351. The molecule has 4 bridgehead atoms. The van der Waals surface area contributed by atoms with Crippen molar-refractivity contribution in [3.8, 4) is 0 Å². The van der Waals surface area contributed by atoms with E-state index in [2.05, 4.69) is 0 Å². The monoisotopic (exact) mass is 440 g/mol. The highest BCUT2D eigenvalue weighted by Crippen LogP contribution is 2.69. The number of aliphatic imine (C=N–C) groups is 1. The topological polar surface area (TPSA) is 21.6 Å². The van der Waals surface area contributed by atoms with E-state index >= 15 is 0 Å². The molecule has 0 amide bonds. The van der Waals surface area contributed by atoms with Crippen LogP contribution in [0.5, 0.6) is 0 Å². The van der Waals surface area contributed by atoms with E-state index in [1.807, 2.05) is 0 Å². The summed E-state index contributed by atoms with van der Waals surface area (Å²) in [5, 5.41) is 0. The molecule has 0 spiro atoms. The molecule has 1 heterocycles. The fraction of sp³-hybridized carbons (Fsp3) is 0.963. The first-order valence-electron chi connectivity index (χ1n) is 14.0. The van der Waals surface area contributed by atoms with Crippen molar-refractivity contribution in [2.24, 2.45) is 28.2 Å². The Morgan fingerprint density at radius 3 is 1.84 bits per heavy atom. The molecule has 6 aliphatic carbocycles. The molecule has 170 valence electrons. The van der Waals surface area contributed by atoms with Gasteiger partial charge in [0.2, 0.25) is 0 Å². The number of rotatable bonds is 6. The van der Waals surface area contributed by atoms with Crippen LogP contribution in [0.1, 0.15) is 109 Å². The fourth-order valence-electron chi connectivity index (χ4n) is 9.39. The Bertz CT molecular complexity index is 627. The lowest BCUT2D eigenvalue weighted by atomic mass is 9.49. The summed E-state index contributed by atoms with van der Waals surface area (Å²) < 4.78 is 6.43. The van der Waals surface area contributed by atoms with E-state index in [0.29, 0.717) is 11.5 Å². The van der Waals surface area contributed by atoms with E-state index < -0.39 is 7.14 Å². The molecule has 2 nitrogen and oxygen atoms in total. The van der Waals surface area contributed by atoms with Gasteiger partial charge in [-0.1, -0.05) is 12.8 Å². The van der Waals surface area contributed by atoms with Gasteiger partial charge >= 0.3 is 7.57 Å². The van der Waals surface area contributed by atoms with Gasteiger partial charge in [0.05, 0.1) is 17.4 Å². The molecule has 0 aromatic rings. The van der Waals surface area contributed by atoms with E-state index in [1.165, 1.54) is 121 Å². The summed E-state index contributed by atoms with van der Waals surface area (Å²) in [5.41, 5.74) is 2.06. The summed E-state index contributed by atoms with van der Waals surface area (Å²) in [4.78, 5) is 5.33. The van der Waals surface area contributed by atoms with Crippen LogP contribution in [0.25, 0.3) is 0 Å². The second kappa shape index (κ2) is 8.63. The summed E-state index contributed by atoms with van der Waals surface area (Å²) in [6.45, 7) is 0.854. The molecule has 0 N–H and O–H groups in total.